The summed E-state index contributed by atoms with van der Waals surface area (Å²) >= 11 is 0. The van der Waals surface area contributed by atoms with Gasteiger partial charge in [-0.25, -0.2) is 14.8 Å². The summed E-state index contributed by atoms with van der Waals surface area (Å²) in [5.74, 6) is 1.77. The number of carboxylic acid groups (broad SMARTS) is 1. The number of hydrogen-bond donors (Lipinski definition) is 5. The van der Waals surface area contributed by atoms with Gasteiger partial charge in [-0.15, -0.1) is 0 Å². The summed E-state index contributed by atoms with van der Waals surface area (Å²) in [6.07, 6.45) is 2.83. The van der Waals surface area contributed by atoms with E-state index in [-0.39, 0.29) is 35.7 Å². The number of imidazole rings is 2. The largest absolute Gasteiger partial charge is 0.488 e. The number of aromatic amines is 2. The van der Waals surface area contributed by atoms with E-state index >= 15 is 0 Å². The smallest absolute Gasteiger partial charge is 0.405 e. The van der Waals surface area contributed by atoms with Crippen molar-refractivity contribution in [1.29, 1.82) is 0 Å². The zero-order valence-electron chi connectivity index (χ0n) is 33.3. The molecular formula is C45H48N8O6. The molecule has 0 spiro atoms. The molecule has 0 aliphatic carbocycles. The van der Waals surface area contributed by atoms with Crippen LogP contribution in [0, 0.1) is 11.8 Å². The number of carbonyl (C=O) groups excluding carboxylic acids is 2. The molecule has 0 radical (unpaired) electrons. The van der Waals surface area contributed by atoms with Crippen molar-refractivity contribution in [3.63, 3.8) is 0 Å². The normalized spacial score (nSPS) is 19.8. The lowest BCUT2D eigenvalue weighted by Crippen LogP contribution is -2.50. The zero-order chi connectivity index (χ0) is 40.9. The van der Waals surface area contributed by atoms with Crippen molar-refractivity contribution in [2.75, 3.05) is 26.8 Å². The maximum absolute atomic E-state index is 13.9. The highest BCUT2D eigenvalue weighted by molar-refractivity contribution is 6.07. The Labute approximate surface area is 341 Å². The first-order chi connectivity index (χ1) is 28.6. The lowest BCUT2D eigenvalue weighted by atomic mass is 9.92. The highest BCUT2D eigenvalue weighted by Crippen LogP contribution is 2.44. The topological polar surface area (TPSA) is 192 Å². The molecule has 0 saturated carbocycles. The van der Waals surface area contributed by atoms with Gasteiger partial charge in [0.2, 0.25) is 11.8 Å². The van der Waals surface area contributed by atoms with E-state index in [9.17, 15) is 19.5 Å². The number of H-pyrrole nitrogens is 2. The first-order valence-corrected chi connectivity index (χ1v) is 20.3. The predicted molar refractivity (Wildman–Crippen MR) is 222 cm³/mol. The van der Waals surface area contributed by atoms with Gasteiger partial charge in [0.1, 0.15) is 36.1 Å². The van der Waals surface area contributed by atoms with Crippen molar-refractivity contribution in [3.05, 3.63) is 102 Å². The number of methoxy groups -OCH3 is 1. The third-order valence-corrected chi connectivity index (χ3v) is 12.2. The van der Waals surface area contributed by atoms with Crippen LogP contribution >= 0.6 is 0 Å². The fourth-order valence-corrected chi connectivity index (χ4v) is 9.19. The van der Waals surface area contributed by atoms with Gasteiger partial charge >= 0.3 is 6.09 Å². The number of ether oxygens (including phenoxy) is 2. The number of carbonyl (C=O) groups is 3. The third kappa shape index (κ3) is 7.05. The van der Waals surface area contributed by atoms with Gasteiger partial charge in [-0.05, 0) is 77.1 Å². The standard InChI is InChI=1S/C45H48N8O6/c1-24(2)39(51-45(56)57)44(55)52-15-7-10-35(52)41-47-20-34(49-41)28-11-13-30-29(17-28)23-59-37-19-31-27(18-32(30)37)12-14-33-40(31)50-42(48-33)36-16-25(22-58-3)21-53(36)43(54)38(46)26-8-5-4-6-9-26/h4-6,8-9,11-14,17-20,24-25,35-36,38-39,51H,7,10,15-16,21-23,46H2,1-3H3,(H,47,49)(H,48,50)(H,56,57)/t25-,35-,36-,38+,39-/m0/s1. The lowest BCUT2D eigenvalue weighted by Gasteiger charge is -2.29. The van der Waals surface area contributed by atoms with E-state index in [1.54, 1.807) is 18.2 Å². The van der Waals surface area contributed by atoms with Crippen molar-refractivity contribution in [3.8, 4) is 28.1 Å². The summed E-state index contributed by atoms with van der Waals surface area (Å²) in [4.78, 5) is 59.2. The van der Waals surface area contributed by atoms with Gasteiger partial charge in [0.25, 0.3) is 0 Å². The molecule has 9 rings (SSSR count). The number of nitrogens with two attached hydrogens (primary N) is 1. The molecule has 2 aromatic heterocycles. The number of hydrogen-bond acceptors (Lipinski definition) is 8. The minimum Gasteiger partial charge on any atom is -0.488 e. The van der Waals surface area contributed by atoms with E-state index < -0.39 is 18.2 Å². The molecule has 3 aliphatic rings. The third-order valence-electron chi connectivity index (χ3n) is 12.2. The number of rotatable bonds is 10. The van der Waals surface area contributed by atoms with Gasteiger partial charge in [-0.2, -0.15) is 0 Å². The predicted octanol–water partition coefficient (Wildman–Crippen LogP) is 6.86. The summed E-state index contributed by atoms with van der Waals surface area (Å²) in [6, 6.07) is 21.9. The monoisotopic (exact) mass is 796 g/mol. The van der Waals surface area contributed by atoms with Crippen molar-refractivity contribution in [2.24, 2.45) is 17.6 Å². The molecule has 5 heterocycles. The van der Waals surface area contributed by atoms with E-state index in [1.165, 1.54) is 0 Å². The molecule has 0 bridgehead atoms. The number of benzene rings is 4. The molecule has 2 fully saturated rings. The Balaban J connectivity index is 0.976. The van der Waals surface area contributed by atoms with Gasteiger partial charge in [0.05, 0.1) is 41.6 Å². The summed E-state index contributed by atoms with van der Waals surface area (Å²) in [7, 11) is 1.68. The molecule has 3 aliphatic heterocycles. The van der Waals surface area contributed by atoms with Crippen LogP contribution in [0.25, 0.3) is 44.2 Å². The number of fused-ring (bicyclic) bond motifs is 6. The van der Waals surface area contributed by atoms with Crippen LogP contribution in [0.15, 0.2) is 79.0 Å². The first kappa shape index (κ1) is 38.3. The van der Waals surface area contributed by atoms with E-state index in [4.69, 9.17) is 25.2 Å². The second kappa shape index (κ2) is 15.5. The van der Waals surface area contributed by atoms with Crippen LogP contribution in [0.5, 0.6) is 5.75 Å². The molecule has 2 saturated heterocycles. The van der Waals surface area contributed by atoms with Crippen LogP contribution in [0.1, 0.15) is 74.0 Å². The first-order valence-electron chi connectivity index (χ1n) is 20.3. The summed E-state index contributed by atoms with van der Waals surface area (Å²) in [5, 5.41) is 13.8. The van der Waals surface area contributed by atoms with Gasteiger partial charge in [0.15, 0.2) is 0 Å². The fourth-order valence-electron chi connectivity index (χ4n) is 9.19. The highest BCUT2D eigenvalue weighted by Gasteiger charge is 2.40. The number of likely N-dealkylation sites (tertiary alicyclic amines) is 2. The molecule has 6 N–H and O–H groups in total. The minimum atomic E-state index is -1.21. The Kier molecular flexibility index (Phi) is 10.1. The molecule has 3 amide bonds. The summed E-state index contributed by atoms with van der Waals surface area (Å²) in [6.45, 7) is 5.67. The van der Waals surface area contributed by atoms with Crippen molar-refractivity contribution < 1.29 is 29.0 Å². The van der Waals surface area contributed by atoms with E-state index in [0.717, 1.165) is 79.7 Å². The van der Waals surface area contributed by atoms with Gasteiger partial charge in [-0.1, -0.05) is 62.4 Å². The zero-order valence-corrected chi connectivity index (χ0v) is 33.3. The average Bonchev–Trinajstić information content (AvgIpc) is 4.07. The molecule has 5 atom stereocenters. The SMILES string of the molecule is COC[C@H]1C[C@@H](c2nc3ccc4cc5c(cc4c3[nH]2)OCc2cc(-c3cnc([C@@H]4CCCN4C(=O)[C@@H](NC(=O)O)C(C)C)[nH]3)ccc2-5)N(C(=O)[C@H](N)c2ccccc2)C1. The van der Waals surface area contributed by atoms with Crippen LogP contribution in [0.2, 0.25) is 0 Å². The molecule has 0 unspecified atom stereocenters. The number of amides is 3. The number of nitrogens with zero attached hydrogens (tertiary/aromatic N) is 4. The Morgan fingerprint density at radius 1 is 0.983 bits per heavy atom. The lowest BCUT2D eigenvalue weighted by molar-refractivity contribution is -0.135. The Morgan fingerprint density at radius 2 is 1.81 bits per heavy atom. The Morgan fingerprint density at radius 3 is 2.59 bits per heavy atom. The molecule has 4 aromatic carbocycles. The minimum absolute atomic E-state index is 0.137. The van der Waals surface area contributed by atoms with E-state index in [2.05, 4.69) is 51.7 Å². The highest BCUT2D eigenvalue weighted by atomic mass is 16.5. The molecule has 14 heteroatoms. The maximum atomic E-state index is 13.9. The van der Waals surface area contributed by atoms with Gasteiger partial charge in [-0.3, -0.25) is 9.59 Å². The van der Waals surface area contributed by atoms with E-state index in [1.807, 2.05) is 55.1 Å². The Bertz CT molecular complexity index is 2570. The quantitative estimate of drug-likeness (QED) is 0.0986. The van der Waals surface area contributed by atoms with Gasteiger partial charge in [0, 0.05) is 37.1 Å². The van der Waals surface area contributed by atoms with Crippen molar-refractivity contribution >= 4 is 39.7 Å². The second-order valence-electron chi connectivity index (χ2n) is 16.3. The summed E-state index contributed by atoms with van der Waals surface area (Å²) < 4.78 is 11.9. The Hall–Kier alpha value is -6.25. The van der Waals surface area contributed by atoms with Crippen molar-refractivity contribution in [1.82, 2.24) is 35.1 Å². The maximum Gasteiger partial charge on any atom is 0.405 e. The average molecular weight is 797 g/mol. The molecule has 304 valence electrons. The number of nitrogens with one attached hydrogen (secondary N) is 3. The summed E-state index contributed by atoms with van der Waals surface area (Å²) in [5.41, 5.74) is 13.9. The van der Waals surface area contributed by atoms with Crippen LogP contribution in [-0.2, 0) is 20.9 Å². The van der Waals surface area contributed by atoms with Crippen LogP contribution in [0.3, 0.4) is 0 Å². The fraction of sp³-hybridized carbons (Fsp3) is 0.356. The van der Waals surface area contributed by atoms with Crippen molar-refractivity contribution in [2.45, 2.75) is 63.9 Å². The van der Waals surface area contributed by atoms with E-state index in [0.29, 0.717) is 38.5 Å². The molecule has 59 heavy (non-hydrogen) atoms. The second-order valence-corrected chi connectivity index (χ2v) is 16.3. The van der Waals surface area contributed by atoms with Crippen LogP contribution < -0.4 is 15.8 Å². The van der Waals surface area contributed by atoms with Crippen LogP contribution in [-0.4, -0.2) is 85.6 Å². The van der Waals surface area contributed by atoms with Crippen LogP contribution in [0.4, 0.5) is 4.79 Å². The molecule has 6 aromatic rings. The number of aromatic nitrogens is 4. The molecular weight excluding hydrogens is 749 g/mol. The van der Waals surface area contributed by atoms with Gasteiger partial charge < -0.3 is 45.4 Å². The molecule has 14 nitrogen and oxygen atoms in total.